The zero-order valence-corrected chi connectivity index (χ0v) is 9.49. The number of nitrogens with two attached hydrogens (primary N) is 1. The molecule has 0 aromatic carbocycles. The van der Waals surface area contributed by atoms with Gasteiger partial charge in [-0.05, 0) is 32.4 Å². The van der Waals surface area contributed by atoms with E-state index < -0.39 is 0 Å². The first-order valence-electron chi connectivity index (χ1n) is 5.28. The molecule has 0 amide bonds. The molecule has 15 heavy (non-hydrogen) atoms. The molecule has 2 aromatic heterocycles. The third kappa shape index (κ3) is 1.48. The fourth-order valence-electron chi connectivity index (χ4n) is 1.75. The molecule has 0 spiro atoms. The molecule has 2 aromatic rings. The molecule has 0 saturated carbocycles. The third-order valence-corrected chi connectivity index (χ3v) is 3.10. The zero-order valence-electron chi connectivity index (χ0n) is 9.49. The van der Waals surface area contributed by atoms with Gasteiger partial charge in [0, 0.05) is 17.9 Å². The summed E-state index contributed by atoms with van der Waals surface area (Å²) in [6.45, 7) is 6.59. The van der Waals surface area contributed by atoms with Crippen LogP contribution in [0, 0.1) is 0 Å². The number of anilines is 1. The molecule has 0 bridgehead atoms. The molecule has 80 valence electrons. The highest BCUT2D eigenvalue weighted by molar-refractivity contribution is 5.88. The van der Waals surface area contributed by atoms with E-state index in [1.165, 1.54) is 0 Å². The Kier molecular flexibility index (Phi) is 2.18. The first kappa shape index (κ1) is 10.0. The van der Waals surface area contributed by atoms with Gasteiger partial charge in [0.05, 0.1) is 11.2 Å². The van der Waals surface area contributed by atoms with Crippen molar-refractivity contribution in [3.8, 4) is 0 Å². The Balaban J connectivity index is 2.72. The maximum atomic E-state index is 5.95. The minimum Gasteiger partial charge on any atom is -0.396 e. The lowest BCUT2D eigenvalue weighted by molar-refractivity contribution is 0.354. The van der Waals surface area contributed by atoms with Crippen molar-refractivity contribution in [1.82, 2.24) is 9.55 Å². The SMILES string of the molecule is CCC(C)(C)n1cc(N)c2ncccc21. The van der Waals surface area contributed by atoms with Crippen LogP contribution in [0.25, 0.3) is 11.0 Å². The fourth-order valence-corrected chi connectivity index (χ4v) is 1.75. The highest BCUT2D eigenvalue weighted by atomic mass is 15.1. The molecule has 2 N–H and O–H groups in total. The summed E-state index contributed by atoms with van der Waals surface area (Å²) < 4.78 is 2.21. The van der Waals surface area contributed by atoms with Crippen LogP contribution in [0.15, 0.2) is 24.5 Å². The maximum Gasteiger partial charge on any atom is 0.111 e. The minimum atomic E-state index is 0.0822. The van der Waals surface area contributed by atoms with Crippen LogP contribution in [0.4, 0.5) is 5.69 Å². The molecule has 3 nitrogen and oxygen atoms in total. The van der Waals surface area contributed by atoms with Crippen molar-refractivity contribution < 1.29 is 0 Å². The maximum absolute atomic E-state index is 5.95. The molecular formula is C12H17N3. The number of hydrogen-bond acceptors (Lipinski definition) is 2. The van der Waals surface area contributed by atoms with Gasteiger partial charge in [-0.25, -0.2) is 0 Å². The van der Waals surface area contributed by atoms with Crippen LogP contribution in [0.3, 0.4) is 0 Å². The van der Waals surface area contributed by atoms with Crippen LogP contribution in [0.1, 0.15) is 27.2 Å². The van der Waals surface area contributed by atoms with Crippen molar-refractivity contribution in [2.45, 2.75) is 32.7 Å². The van der Waals surface area contributed by atoms with Gasteiger partial charge in [-0.15, -0.1) is 0 Å². The standard InChI is InChI=1S/C12H17N3/c1-4-12(2,3)15-8-9(13)11-10(15)6-5-7-14-11/h5-8H,4,13H2,1-3H3. The van der Waals surface area contributed by atoms with E-state index in [1.54, 1.807) is 6.20 Å². The predicted octanol–water partition coefficient (Wildman–Crippen LogP) is 2.76. The largest absolute Gasteiger partial charge is 0.396 e. The molecule has 0 aliphatic rings. The summed E-state index contributed by atoms with van der Waals surface area (Å²) in [5, 5.41) is 0. The van der Waals surface area contributed by atoms with Gasteiger partial charge in [-0.3, -0.25) is 4.98 Å². The van der Waals surface area contributed by atoms with Crippen LogP contribution in [-0.2, 0) is 5.54 Å². The Morgan fingerprint density at radius 2 is 2.20 bits per heavy atom. The van der Waals surface area contributed by atoms with Crippen molar-refractivity contribution in [1.29, 1.82) is 0 Å². The minimum absolute atomic E-state index is 0.0822. The van der Waals surface area contributed by atoms with E-state index in [9.17, 15) is 0 Å². The highest BCUT2D eigenvalue weighted by Gasteiger charge is 2.20. The van der Waals surface area contributed by atoms with Crippen molar-refractivity contribution in [3.05, 3.63) is 24.5 Å². The summed E-state index contributed by atoms with van der Waals surface area (Å²) in [7, 11) is 0. The van der Waals surface area contributed by atoms with Gasteiger partial charge in [0.15, 0.2) is 0 Å². The second-order valence-electron chi connectivity index (χ2n) is 4.49. The normalized spacial score (nSPS) is 12.2. The molecule has 0 aliphatic heterocycles. The van der Waals surface area contributed by atoms with Crippen LogP contribution in [-0.4, -0.2) is 9.55 Å². The van der Waals surface area contributed by atoms with E-state index in [1.807, 2.05) is 12.3 Å². The molecular weight excluding hydrogens is 186 g/mol. The molecule has 2 heterocycles. The number of rotatable bonds is 2. The Morgan fingerprint density at radius 3 is 2.87 bits per heavy atom. The second kappa shape index (κ2) is 3.26. The second-order valence-corrected chi connectivity index (χ2v) is 4.49. The fraction of sp³-hybridized carbons (Fsp3) is 0.417. The average Bonchev–Trinajstić information content (AvgIpc) is 2.58. The summed E-state index contributed by atoms with van der Waals surface area (Å²) >= 11 is 0. The van der Waals surface area contributed by atoms with E-state index in [-0.39, 0.29) is 5.54 Å². The quantitative estimate of drug-likeness (QED) is 0.815. The molecule has 2 rings (SSSR count). The van der Waals surface area contributed by atoms with Gasteiger partial charge < -0.3 is 10.3 Å². The lowest BCUT2D eigenvalue weighted by Gasteiger charge is -2.26. The molecule has 0 fully saturated rings. The summed E-state index contributed by atoms with van der Waals surface area (Å²) in [6.07, 6.45) is 4.83. The van der Waals surface area contributed by atoms with Crippen molar-refractivity contribution in [2.75, 3.05) is 5.73 Å². The Bertz CT molecular complexity index is 483. The Morgan fingerprint density at radius 1 is 1.47 bits per heavy atom. The summed E-state index contributed by atoms with van der Waals surface area (Å²) in [4.78, 5) is 4.30. The number of pyridine rings is 1. The predicted molar refractivity (Wildman–Crippen MR) is 63.8 cm³/mol. The number of fused-ring (bicyclic) bond motifs is 1. The summed E-state index contributed by atoms with van der Waals surface area (Å²) in [5.41, 5.74) is 8.80. The van der Waals surface area contributed by atoms with E-state index in [0.29, 0.717) is 0 Å². The molecule has 0 atom stereocenters. The molecule has 0 saturated heterocycles. The first-order chi connectivity index (χ1) is 7.06. The smallest absolute Gasteiger partial charge is 0.111 e. The van der Waals surface area contributed by atoms with E-state index in [4.69, 9.17) is 5.73 Å². The summed E-state index contributed by atoms with van der Waals surface area (Å²) in [5.74, 6) is 0. The van der Waals surface area contributed by atoms with Gasteiger partial charge in [0.25, 0.3) is 0 Å². The van der Waals surface area contributed by atoms with Crippen LogP contribution in [0.2, 0.25) is 0 Å². The monoisotopic (exact) mass is 203 g/mol. The van der Waals surface area contributed by atoms with E-state index in [2.05, 4.69) is 36.4 Å². The lowest BCUT2D eigenvalue weighted by atomic mass is 10.0. The Hall–Kier alpha value is -1.51. The Labute approximate surface area is 89.9 Å². The lowest BCUT2D eigenvalue weighted by Crippen LogP contribution is -2.24. The van der Waals surface area contributed by atoms with Crippen LogP contribution >= 0.6 is 0 Å². The van der Waals surface area contributed by atoms with Gasteiger partial charge in [0.2, 0.25) is 0 Å². The van der Waals surface area contributed by atoms with Gasteiger partial charge >= 0.3 is 0 Å². The average molecular weight is 203 g/mol. The van der Waals surface area contributed by atoms with Crippen molar-refractivity contribution in [3.63, 3.8) is 0 Å². The number of hydrogen-bond donors (Lipinski definition) is 1. The van der Waals surface area contributed by atoms with E-state index >= 15 is 0 Å². The van der Waals surface area contributed by atoms with Crippen LogP contribution in [0.5, 0.6) is 0 Å². The van der Waals surface area contributed by atoms with Crippen molar-refractivity contribution >= 4 is 16.7 Å². The van der Waals surface area contributed by atoms with Gasteiger partial charge in [0.1, 0.15) is 5.52 Å². The molecule has 0 radical (unpaired) electrons. The number of aromatic nitrogens is 2. The van der Waals surface area contributed by atoms with E-state index in [0.717, 1.165) is 23.1 Å². The first-order valence-corrected chi connectivity index (χ1v) is 5.28. The van der Waals surface area contributed by atoms with Crippen molar-refractivity contribution in [2.24, 2.45) is 0 Å². The molecule has 0 unspecified atom stereocenters. The van der Waals surface area contributed by atoms with Crippen LogP contribution < -0.4 is 5.73 Å². The number of nitrogens with zero attached hydrogens (tertiary/aromatic N) is 2. The number of nitrogen functional groups attached to an aromatic ring is 1. The van der Waals surface area contributed by atoms with Gasteiger partial charge in [-0.2, -0.15) is 0 Å². The highest BCUT2D eigenvalue weighted by Crippen LogP contribution is 2.29. The zero-order chi connectivity index (χ0) is 11.1. The molecule has 0 aliphatic carbocycles. The third-order valence-electron chi connectivity index (χ3n) is 3.10. The van der Waals surface area contributed by atoms with Gasteiger partial charge in [-0.1, -0.05) is 6.92 Å². The topological polar surface area (TPSA) is 43.8 Å². The summed E-state index contributed by atoms with van der Waals surface area (Å²) in [6, 6.07) is 4.01. The molecule has 3 heteroatoms.